The highest BCUT2D eigenvalue weighted by Gasteiger charge is 2.24. The summed E-state index contributed by atoms with van der Waals surface area (Å²) >= 11 is 0. The van der Waals surface area contributed by atoms with Crippen LogP contribution in [-0.2, 0) is 9.53 Å². The second-order valence-corrected chi connectivity index (χ2v) is 4.98. The molecule has 0 aliphatic carbocycles. The van der Waals surface area contributed by atoms with Crippen LogP contribution in [0.4, 0.5) is 11.6 Å². The summed E-state index contributed by atoms with van der Waals surface area (Å²) in [6.07, 6.45) is 4.83. The molecule has 7 heteroatoms. The van der Waals surface area contributed by atoms with E-state index in [4.69, 9.17) is 10.5 Å². The number of ether oxygens (including phenoxy) is 1. The van der Waals surface area contributed by atoms with Crippen molar-refractivity contribution in [3.63, 3.8) is 0 Å². The number of aromatic nitrogens is 3. The molecular weight excluding hydrogens is 270 g/mol. The Morgan fingerprint density at radius 3 is 2.95 bits per heavy atom. The highest BCUT2D eigenvalue weighted by molar-refractivity contribution is 5.97. The Bertz CT molecular complexity index is 620. The highest BCUT2D eigenvalue weighted by Crippen LogP contribution is 2.31. The van der Waals surface area contributed by atoms with Crippen LogP contribution in [0.25, 0.3) is 11.1 Å². The number of rotatable bonds is 3. The zero-order chi connectivity index (χ0) is 14.7. The Morgan fingerprint density at radius 2 is 2.24 bits per heavy atom. The summed E-state index contributed by atoms with van der Waals surface area (Å²) in [5.74, 6) is 0.760. The number of amides is 1. The van der Waals surface area contributed by atoms with Crippen molar-refractivity contribution in [1.82, 2.24) is 15.2 Å². The van der Waals surface area contributed by atoms with Gasteiger partial charge in [0, 0.05) is 37.1 Å². The van der Waals surface area contributed by atoms with Crippen molar-refractivity contribution in [3.05, 3.63) is 24.5 Å². The summed E-state index contributed by atoms with van der Waals surface area (Å²) in [4.78, 5) is 16.3. The first kappa shape index (κ1) is 13.6. The lowest BCUT2D eigenvalue weighted by atomic mass is 9.99. The molecule has 7 nitrogen and oxygen atoms in total. The van der Waals surface area contributed by atoms with Crippen molar-refractivity contribution < 1.29 is 9.53 Å². The molecule has 2 aromatic rings. The van der Waals surface area contributed by atoms with Crippen LogP contribution in [0.3, 0.4) is 0 Å². The molecule has 110 valence electrons. The first-order chi connectivity index (χ1) is 10.3. The number of nitrogens with one attached hydrogen (secondary N) is 2. The van der Waals surface area contributed by atoms with Crippen molar-refractivity contribution in [1.29, 1.82) is 0 Å². The number of anilines is 2. The number of nitrogen functional groups attached to an aromatic ring is 1. The molecular formula is C14H17N5O2. The number of hydrogen-bond donors (Lipinski definition) is 3. The third-order valence-electron chi connectivity index (χ3n) is 3.58. The van der Waals surface area contributed by atoms with E-state index in [1.165, 1.54) is 0 Å². The van der Waals surface area contributed by atoms with Gasteiger partial charge in [0.2, 0.25) is 5.91 Å². The zero-order valence-corrected chi connectivity index (χ0v) is 11.5. The fourth-order valence-corrected chi connectivity index (χ4v) is 2.43. The smallest absolute Gasteiger partial charge is 0.228 e. The molecule has 0 aromatic carbocycles. The van der Waals surface area contributed by atoms with Gasteiger partial charge in [-0.25, -0.2) is 0 Å². The standard InChI is InChI=1S/C14H17N5O2/c15-12-11(10-2-1-5-16-8-10)13(19-18-12)17-14(20)9-3-6-21-7-4-9/h1-2,5,8-9H,3-4,6-7H2,(H4,15,17,18,19,20). The fraction of sp³-hybridized carbons (Fsp3) is 0.357. The van der Waals surface area contributed by atoms with E-state index < -0.39 is 0 Å². The molecule has 0 atom stereocenters. The first-order valence-corrected chi connectivity index (χ1v) is 6.88. The fourth-order valence-electron chi connectivity index (χ4n) is 2.43. The quantitative estimate of drug-likeness (QED) is 0.791. The van der Waals surface area contributed by atoms with Crippen molar-refractivity contribution in [3.8, 4) is 11.1 Å². The van der Waals surface area contributed by atoms with E-state index in [0.717, 1.165) is 18.4 Å². The van der Waals surface area contributed by atoms with Gasteiger partial charge in [-0.15, -0.1) is 0 Å². The molecule has 1 fully saturated rings. The van der Waals surface area contributed by atoms with Gasteiger partial charge < -0.3 is 15.8 Å². The number of nitrogens with zero attached hydrogens (tertiary/aromatic N) is 2. The average molecular weight is 287 g/mol. The monoisotopic (exact) mass is 287 g/mol. The van der Waals surface area contributed by atoms with Gasteiger partial charge in [-0.05, 0) is 18.9 Å². The third kappa shape index (κ3) is 2.87. The van der Waals surface area contributed by atoms with Gasteiger partial charge in [0.25, 0.3) is 0 Å². The minimum absolute atomic E-state index is 0.0431. The Kier molecular flexibility index (Phi) is 3.83. The molecule has 3 heterocycles. The van der Waals surface area contributed by atoms with Gasteiger partial charge in [0.15, 0.2) is 5.82 Å². The lowest BCUT2D eigenvalue weighted by Crippen LogP contribution is -2.28. The Balaban J connectivity index is 1.81. The van der Waals surface area contributed by atoms with Gasteiger partial charge in [-0.1, -0.05) is 6.07 Å². The van der Waals surface area contributed by atoms with Crippen molar-refractivity contribution >= 4 is 17.5 Å². The van der Waals surface area contributed by atoms with E-state index >= 15 is 0 Å². The topological polar surface area (TPSA) is 106 Å². The molecule has 21 heavy (non-hydrogen) atoms. The summed E-state index contributed by atoms with van der Waals surface area (Å²) < 4.78 is 5.27. The number of carbonyl (C=O) groups excluding carboxylic acids is 1. The molecule has 3 rings (SSSR count). The largest absolute Gasteiger partial charge is 0.383 e. The van der Waals surface area contributed by atoms with Gasteiger partial charge in [0.05, 0.1) is 5.56 Å². The van der Waals surface area contributed by atoms with Crippen molar-refractivity contribution in [2.24, 2.45) is 5.92 Å². The predicted molar refractivity (Wildman–Crippen MR) is 78.4 cm³/mol. The molecule has 0 unspecified atom stereocenters. The van der Waals surface area contributed by atoms with Crippen LogP contribution < -0.4 is 11.1 Å². The molecule has 1 aliphatic heterocycles. The molecule has 1 amide bonds. The van der Waals surface area contributed by atoms with Crippen LogP contribution >= 0.6 is 0 Å². The van der Waals surface area contributed by atoms with Crippen LogP contribution in [0, 0.1) is 5.92 Å². The maximum Gasteiger partial charge on any atom is 0.228 e. The normalized spacial score (nSPS) is 15.8. The van der Waals surface area contributed by atoms with Crippen LogP contribution in [0.2, 0.25) is 0 Å². The second kappa shape index (κ2) is 5.92. The number of hydrogen-bond acceptors (Lipinski definition) is 5. The van der Waals surface area contributed by atoms with Gasteiger partial charge in [0.1, 0.15) is 5.82 Å². The van der Waals surface area contributed by atoms with Crippen LogP contribution in [0.1, 0.15) is 12.8 Å². The minimum Gasteiger partial charge on any atom is -0.383 e. The van der Waals surface area contributed by atoms with E-state index in [1.54, 1.807) is 12.4 Å². The Labute approximate surface area is 121 Å². The molecule has 1 saturated heterocycles. The maximum absolute atomic E-state index is 12.3. The van der Waals surface area contributed by atoms with Crippen LogP contribution in [0.15, 0.2) is 24.5 Å². The summed E-state index contributed by atoms with van der Waals surface area (Å²) in [6, 6.07) is 3.68. The molecule has 0 spiro atoms. The van der Waals surface area contributed by atoms with E-state index in [9.17, 15) is 4.79 Å². The maximum atomic E-state index is 12.3. The minimum atomic E-state index is -0.0464. The number of nitrogens with two attached hydrogens (primary N) is 1. The van der Waals surface area contributed by atoms with Gasteiger partial charge in [-0.2, -0.15) is 5.10 Å². The zero-order valence-electron chi connectivity index (χ0n) is 11.5. The summed E-state index contributed by atoms with van der Waals surface area (Å²) in [5, 5.41) is 9.65. The average Bonchev–Trinajstić information content (AvgIpc) is 2.89. The van der Waals surface area contributed by atoms with E-state index in [-0.39, 0.29) is 11.8 Å². The van der Waals surface area contributed by atoms with Crippen LogP contribution in [0.5, 0.6) is 0 Å². The molecule has 1 aliphatic rings. The summed E-state index contributed by atoms with van der Waals surface area (Å²) in [5.41, 5.74) is 7.39. The lowest BCUT2D eigenvalue weighted by Gasteiger charge is -2.20. The molecule has 0 saturated carbocycles. The first-order valence-electron chi connectivity index (χ1n) is 6.88. The van der Waals surface area contributed by atoms with E-state index in [2.05, 4.69) is 20.5 Å². The number of aromatic amines is 1. The van der Waals surface area contributed by atoms with Crippen molar-refractivity contribution in [2.45, 2.75) is 12.8 Å². The number of carbonyl (C=O) groups is 1. The van der Waals surface area contributed by atoms with E-state index in [1.807, 2.05) is 12.1 Å². The Morgan fingerprint density at radius 1 is 1.43 bits per heavy atom. The molecule has 2 aromatic heterocycles. The number of pyridine rings is 1. The second-order valence-electron chi connectivity index (χ2n) is 4.98. The number of H-pyrrole nitrogens is 1. The summed E-state index contributed by atoms with van der Waals surface area (Å²) in [7, 11) is 0. The van der Waals surface area contributed by atoms with Gasteiger partial charge >= 0.3 is 0 Å². The Hall–Kier alpha value is -2.41. The van der Waals surface area contributed by atoms with Crippen LogP contribution in [-0.4, -0.2) is 34.3 Å². The molecule has 0 radical (unpaired) electrons. The highest BCUT2D eigenvalue weighted by atomic mass is 16.5. The lowest BCUT2D eigenvalue weighted by molar-refractivity contribution is -0.122. The third-order valence-corrected chi connectivity index (χ3v) is 3.58. The SMILES string of the molecule is Nc1[nH]nc(NC(=O)C2CCOCC2)c1-c1cccnc1. The van der Waals surface area contributed by atoms with Gasteiger partial charge in [-0.3, -0.25) is 14.9 Å². The van der Waals surface area contributed by atoms with E-state index in [0.29, 0.717) is 30.4 Å². The summed E-state index contributed by atoms with van der Waals surface area (Å²) in [6.45, 7) is 1.24. The molecule has 0 bridgehead atoms. The molecule has 4 N–H and O–H groups in total. The predicted octanol–water partition coefficient (Wildman–Crippen LogP) is 1.42. The van der Waals surface area contributed by atoms with Crippen molar-refractivity contribution in [2.75, 3.05) is 24.3 Å².